The second-order valence-electron chi connectivity index (χ2n) is 0.183. The van der Waals surface area contributed by atoms with Gasteiger partial charge < -0.3 is 19.8 Å². The van der Waals surface area contributed by atoms with Gasteiger partial charge in [-0.15, -0.1) is 0 Å². The first-order valence-corrected chi connectivity index (χ1v) is 0.855. The van der Waals surface area contributed by atoms with Crippen LogP contribution in [-0.2, 0) is 29.1 Å². The molecular weight excluding hydrogens is 153 g/mol. The molecule has 0 aromatic heterocycles. The smallest absolute Gasteiger partial charge is 0.665 e. The van der Waals surface area contributed by atoms with Crippen LogP contribution in [0.5, 0.6) is 0 Å². The summed E-state index contributed by atoms with van der Waals surface area (Å²) in [6, 6.07) is 0. The van der Waals surface area contributed by atoms with E-state index in [-0.39, 0.29) is 19.5 Å². The van der Waals surface area contributed by atoms with Crippen LogP contribution in [0.2, 0.25) is 0 Å². The predicted molar refractivity (Wildman–Crippen MR) is 16.6 cm³/mol. The van der Waals surface area contributed by atoms with Gasteiger partial charge >= 0.3 is 19.5 Å². The average molecular weight is 155 g/mol. The van der Waals surface area contributed by atoms with Crippen molar-refractivity contribution in [1.82, 2.24) is 0 Å². The van der Waals surface area contributed by atoms with Gasteiger partial charge in [0.2, 0.25) is 0 Å². The minimum Gasteiger partial charge on any atom is -0.665 e. The van der Waals surface area contributed by atoms with Gasteiger partial charge in [-0.05, 0) is 0 Å². The molecule has 0 spiro atoms. The minimum absolute atomic E-state index is 0. The van der Waals surface area contributed by atoms with E-state index in [1.54, 1.807) is 0 Å². The van der Waals surface area contributed by atoms with Crippen molar-refractivity contribution in [2.45, 2.75) is 0 Å². The van der Waals surface area contributed by atoms with Gasteiger partial charge in [-0.25, -0.2) is 0 Å². The molecule has 0 aliphatic heterocycles. The third-order valence-electron chi connectivity index (χ3n) is 0. The Bertz CT molecular complexity index is 30.7. The van der Waals surface area contributed by atoms with Crippen LogP contribution in [0.25, 0.3) is 0 Å². The summed E-state index contributed by atoms with van der Waals surface area (Å²) in [6.07, 6.45) is 0. The summed E-state index contributed by atoms with van der Waals surface area (Å²) in [4.78, 5) is 16.5. The minimum atomic E-state index is 0. The van der Waals surface area contributed by atoms with Gasteiger partial charge in [-0.1, -0.05) is 12.9 Å². The number of rotatable bonds is 0. The Morgan fingerprint density at radius 1 is 1.00 bits per heavy atom. The topological polar surface area (TPSA) is 74.6 Å². The first kappa shape index (κ1) is 16.0. The van der Waals surface area contributed by atoms with Gasteiger partial charge in [0.1, 0.15) is 0 Å². The van der Waals surface area contributed by atoms with Crippen LogP contribution < -0.4 is 0 Å². The average Bonchev–Trinajstić information content (AvgIpc) is 1.39. The zero-order chi connectivity index (χ0) is 5.41. The molecule has 2 N–H and O–H groups in total. The van der Waals surface area contributed by atoms with Crippen molar-refractivity contribution >= 4 is 12.9 Å². The van der Waals surface area contributed by atoms with E-state index in [9.17, 15) is 0 Å². The molecule has 0 amide bonds. The molecule has 0 fully saturated rings. The summed E-state index contributed by atoms with van der Waals surface area (Å²) in [6.45, 7) is 1.00. The predicted octanol–water partition coefficient (Wildman–Crippen LogP) is -0.779. The van der Waals surface area contributed by atoms with Crippen molar-refractivity contribution in [2.75, 3.05) is 0 Å². The first-order valence-electron chi connectivity index (χ1n) is 0.855. The molecule has 0 heterocycles. The second-order valence-corrected chi connectivity index (χ2v) is 0.183. The monoisotopic (exact) mass is 154 g/mol. The van der Waals surface area contributed by atoms with Gasteiger partial charge in [-0.2, -0.15) is 0 Å². The van der Waals surface area contributed by atoms with Crippen molar-refractivity contribution in [2.24, 2.45) is 0 Å². The van der Waals surface area contributed by atoms with E-state index in [4.69, 9.17) is 19.8 Å². The fourth-order valence-electron chi connectivity index (χ4n) is 0. The van der Waals surface area contributed by atoms with Gasteiger partial charge in [0.05, 0.1) is 0 Å². The fraction of sp³-hybridized carbons (Fsp3) is 0. The van der Waals surface area contributed by atoms with E-state index in [0.29, 0.717) is 12.9 Å². The second kappa shape index (κ2) is 47.4. The van der Waals surface area contributed by atoms with E-state index in [0.717, 1.165) is 0 Å². The van der Waals surface area contributed by atoms with E-state index in [1.807, 2.05) is 0 Å². The van der Waals surface area contributed by atoms with Gasteiger partial charge in [0, 0.05) is 0 Å². The van der Waals surface area contributed by atoms with E-state index < -0.39 is 0 Å². The molecule has 0 bridgehead atoms. The molecule has 0 atom stereocenters. The third-order valence-corrected chi connectivity index (χ3v) is 0. The van der Waals surface area contributed by atoms with Crippen LogP contribution in [0.1, 0.15) is 0 Å². The number of hydrogen-bond donors (Lipinski definition) is 2. The first-order chi connectivity index (χ1) is 2.83. The third kappa shape index (κ3) is 371. The Kier molecular flexibility index (Phi) is 108. The molecule has 0 aromatic carbocycles. The summed E-state index contributed by atoms with van der Waals surface area (Å²) in [5, 5.41) is 13.5. The fourth-order valence-corrected chi connectivity index (χ4v) is 0. The molecule has 0 unspecified atom stereocenters. The van der Waals surface area contributed by atoms with Crippen LogP contribution in [0.4, 0.5) is 0 Å². The molecule has 7 heavy (non-hydrogen) atoms. The Morgan fingerprint density at radius 2 is 1.00 bits per heavy atom. The maximum Gasteiger partial charge on any atom is 2.00 e. The van der Waals surface area contributed by atoms with Crippen molar-refractivity contribution < 1.29 is 39.3 Å². The Labute approximate surface area is 52.9 Å². The molecule has 0 saturated heterocycles. The van der Waals surface area contributed by atoms with Crippen LogP contribution in [-0.4, -0.2) is 23.2 Å². The molecule has 0 aromatic rings. The Hall–Kier alpha value is -0.437. The molecule has 0 rings (SSSR count). The number of hydrogen-bond acceptors (Lipinski definition) is 2. The van der Waals surface area contributed by atoms with E-state index in [2.05, 4.69) is 0 Å². The molecule has 36 valence electrons. The van der Waals surface area contributed by atoms with E-state index >= 15 is 0 Å². The largest absolute Gasteiger partial charge is 2.00 e. The van der Waals surface area contributed by atoms with Gasteiger partial charge in [0.15, 0.2) is 0 Å². The quantitative estimate of drug-likeness (QED) is 0.356. The Balaban J connectivity index is -0.0000000400. The summed E-state index contributed by atoms with van der Waals surface area (Å²) >= 11 is 0. The van der Waals surface area contributed by atoms with Gasteiger partial charge in [-0.3, -0.25) is 0 Å². The summed E-state index contributed by atoms with van der Waals surface area (Å²) in [5.74, 6) is 0. The maximum atomic E-state index is 8.24. The SMILES string of the molecule is O=[C-]O.O=[C-]O.[Zn+2]. The molecule has 0 radical (unpaired) electrons. The molecule has 0 aliphatic rings. The van der Waals surface area contributed by atoms with Crippen LogP contribution >= 0.6 is 0 Å². The van der Waals surface area contributed by atoms with Crippen molar-refractivity contribution in [3.63, 3.8) is 0 Å². The Morgan fingerprint density at radius 3 is 1.00 bits per heavy atom. The van der Waals surface area contributed by atoms with Crippen LogP contribution in [0.3, 0.4) is 0 Å². The summed E-state index contributed by atoms with van der Waals surface area (Å²) < 4.78 is 0. The zero-order valence-electron chi connectivity index (χ0n) is 3.42. The normalized spacial score (nSPS) is 3.43. The van der Waals surface area contributed by atoms with Crippen molar-refractivity contribution in [3.05, 3.63) is 0 Å². The standard InChI is InChI=1S/2CHO2.Zn/c2*2-1-3;/h2*(H,2,3);/q2*-1;+2. The molecule has 0 saturated carbocycles. The van der Waals surface area contributed by atoms with Crippen molar-refractivity contribution in [3.8, 4) is 0 Å². The van der Waals surface area contributed by atoms with Crippen molar-refractivity contribution in [1.29, 1.82) is 0 Å². The molecule has 5 heteroatoms. The molecular formula is C2H2O4Zn. The number of aliphatic hydroxyl groups excluding tert-OH is 2. The molecule has 0 aliphatic carbocycles. The summed E-state index contributed by atoms with van der Waals surface area (Å²) in [5.41, 5.74) is 0. The summed E-state index contributed by atoms with van der Waals surface area (Å²) in [7, 11) is 0. The van der Waals surface area contributed by atoms with Gasteiger partial charge in [0.25, 0.3) is 0 Å². The van der Waals surface area contributed by atoms with Crippen LogP contribution in [0, 0.1) is 0 Å². The van der Waals surface area contributed by atoms with Crippen LogP contribution in [0.15, 0.2) is 0 Å². The maximum absolute atomic E-state index is 8.24. The molecule has 4 nitrogen and oxygen atoms in total. The van der Waals surface area contributed by atoms with E-state index in [1.165, 1.54) is 0 Å². The zero-order valence-corrected chi connectivity index (χ0v) is 6.39.